The van der Waals surface area contributed by atoms with Crippen LogP contribution in [0.4, 0.5) is 5.88 Å². The standard InChI is InChI=1S/C18H13NO5/c1-11(20)23-16-9-5-3-7-13(16)18(22)19-17-10-14(21)12-6-2-4-8-15(12)24-17/h2-10H,1H3,(H,19,22). The molecule has 1 heterocycles. The molecular formula is C18H13NO5. The van der Waals surface area contributed by atoms with E-state index < -0.39 is 11.9 Å². The Morgan fingerprint density at radius 1 is 1.04 bits per heavy atom. The van der Waals surface area contributed by atoms with Crippen molar-refractivity contribution in [2.45, 2.75) is 6.92 Å². The van der Waals surface area contributed by atoms with E-state index in [4.69, 9.17) is 9.15 Å². The van der Waals surface area contributed by atoms with E-state index in [1.54, 1.807) is 36.4 Å². The van der Waals surface area contributed by atoms with Crippen LogP contribution in [0.5, 0.6) is 5.75 Å². The van der Waals surface area contributed by atoms with Crippen molar-refractivity contribution >= 4 is 28.7 Å². The van der Waals surface area contributed by atoms with Crippen molar-refractivity contribution in [1.82, 2.24) is 0 Å². The molecule has 6 heteroatoms. The van der Waals surface area contributed by atoms with Crippen LogP contribution in [0.2, 0.25) is 0 Å². The van der Waals surface area contributed by atoms with Gasteiger partial charge in [-0.3, -0.25) is 19.7 Å². The maximum Gasteiger partial charge on any atom is 0.308 e. The number of rotatable bonds is 3. The number of hydrogen-bond acceptors (Lipinski definition) is 5. The first-order chi connectivity index (χ1) is 11.5. The molecule has 3 rings (SSSR count). The molecule has 1 aromatic heterocycles. The Kier molecular flexibility index (Phi) is 4.11. The first-order valence-electron chi connectivity index (χ1n) is 7.16. The van der Waals surface area contributed by atoms with Gasteiger partial charge in [-0.25, -0.2) is 0 Å². The molecule has 1 N–H and O–H groups in total. The Morgan fingerprint density at radius 2 is 1.75 bits per heavy atom. The normalized spacial score (nSPS) is 10.4. The molecule has 0 radical (unpaired) electrons. The molecule has 0 aliphatic rings. The number of carbonyl (C=O) groups excluding carboxylic acids is 2. The van der Waals surface area contributed by atoms with Gasteiger partial charge in [0.1, 0.15) is 11.3 Å². The smallest absolute Gasteiger partial charge is 0.308 e. The number of nitrogens with one attached hydrogen (secondary N) is 1. The SMILES string of the molecule is CC(=O)Oc1ccccc1C(=O)Nc1cc(=O)c2ccccc2o1. The van der Waals surface area contributed by atoms with E-state index in [9.17, 15) is 14.4 Å². The molecule has 3 aromatic rings. The fourth-order valence-electron chi connectivity index (χ4n) is 2.24. The van der Waals surface area contributed by atoms with E-state index >= 15 is 0 Å². The van der Waals surface area contributed by atoms with Crippen molar-refractivity contribution in [2.75, 3.05) is 5.32 Å². The van der Waals surface area contributed by atoms with Gasteiger partial charge in [0.2, 0.25) is 5.88 Å². The highest BCUT2D eigenvalue weighted by atomic mass is 16.5. The molecular weight excluding hydrogens is 310 g/mol. The Morgan fingerprint density at radius 3 is 2.54 bits per heavy atom. The number of ether oxygens (including phenoxy) is 1. The second kappa shape index (κ2) is 6.37. The fraction of sp³-hybridized carbons (Fsp3) is 0.0556. The van der Waals surface area contributed by atoms with Crippen molar-refractivity contribution in [3.8, 4) is 5.75 Å². The number of para-hydroxylation sites is 2. The second-order valence-electron chi connectivity index (χ2n) is 5.01. The van der Waals surface area contributed by atoms with Crippen LogP contribution < -0.4 is 15.5 Å². The predicted octanol–water partition coefficient (Wildman–Crippen LogP) is 2.97. The van der Waals surface area contributed by atoms with Gasteiger partial charge in [-0.05, 0) is 24.3 Å². The van der Waals surface area contributed by atoms with Crippen LogP contribution in [0, 0.1) is 0 Å². The molecule has 0 saturated carbocycles. The van der Waals surface area contributed by atoms with Crippen molar-refractivity contribution < 1.29 is 18.7 Å². The largest absolute Gasteiger partial charge is 0.440 e. The van der Waals surface area contributed by atoms with Crippen LogP contribution in [-0.4, -0.2) is 11.9 Å². The molecule has 24 heavy (non-hydrogen) atoms. The zero-order valence-electron chi connectivity index (χ0n) is 12.7. The van der Waals surface area contributed by atoms with Gasteiger partial charge in [-0.15, -0.1) is 0 Å². The third-order valence-electron chi connectivity index (χ3n) is 3.26. The summed E-state index contributed by atoms with van der Waals surface area (Å²) in [6.07, 6.45) is 0. The van der Waals surface area contributed by atoms with E-state index in [1.165, 1.54) is 25.1 Å². The first-order valence-corrected chi connectivity index (χ1v) is 7.16. The summed E-state index contributed by atoms with van der Waals surface area (Å²) in [5.41, 5.74) is 0.262. The highest BCUT2D eigenvalue weighted by Gasteiger charge is 2.15. The van der Waals surface area contributed by atoms with Crippen molar-refractivity contribution in [3.63, 3.8) is 0 Å². The number of amides is 1. The molecule has 0 atom stereocenters. The third kappa shape index (κ3) is 3.17. The molecule has 0 saturated heterocycles. The molecule has 0 spiro atoms. The lowest BCUT2D eigenvalue weighted by Gasteiger charge is -2.09. The average Bonchev–Trinajstić information content (AvgIpc) is 2.55. The molecule has 0 unspecified atom stereocenters. The van der Waals surface area contributed by atoms with E-state index in [0.29, 0.717) is 11.0 Å². The Bertz CT molecular complexity index is 990. The summed E-state index contributed by atoms with van der Waals surface area (Å²) in [7, 11) is 0. The lowest BCUT2D eigenvalue weighted by molar-refractivity contribution is -0.131. The minimum absolute atomic E-state index is 0.0151. The molecule has 6 nitrogen and oxygen atoms in total. The number of carbonyl (C=O) groups is 2. The molecule has 0 fully saturated rings. The van der Waals surface area contributed by atoms with Gasteiger partial charge in [0.25, 0.3) is 5.91 Å². The van der Waals surface area contributed by atoms with Crippen LogP contribution in [0.1, 0.15) is 17.3 Å². The molecule has 1 amide bonds. The highest BCUT2D eigenvalue weighted by Crippen LogP contribution is 2.21. The van der Waals surface area contributed by atoms with E-state index in [0.717, 1.165) is 0 Å². The summed E-state index contributed by atoms with van der Waals surface area (Å²) >= 11 is 0. The summed E-state index contributed by atoms with van der Waals surface area (Å²) in [5.74, 6) is -0.940. The van der Waals surface area contributed by atoms with Crippen LogP contribution in [-0.2, 0) is 4.79 Å². The summed E-state index contributed by atoms with van der Waals surface area (Å²) in [6.45, 7) is 1.25. The summed E-state index contributed by atoms with van der Waals surface area (Å²) in [4.78, 5) is 35.6. The zero-order chi connectivity index (χ0) is 17.1. The second-order valence-corrected chi connectivity index (χ2v) is 5.01. The monoisotopic (exact) mass is 323 g/mol. The molecule has 0 aliphatic carbocycles. The summed E-state index contributed by atoms with van der Waals surface area (Å²) in [5, 5.41) is 2.93. The topological polar surface area (TPSA) is 85.6 Å². The zero-order valence-corrected chi connectivity index (χ0v) is 12.7. The minimum atomic E-state index is -0.551. The Balaban J connectivity index is 1.93. The molecule has 2 aromatic carbocycles. The first kappa shape index (κ1) is 15.5. The average molecular weight is 323 g/mol. The highest BCUT2D eigenvalue weighted by molar-refractivity contribution is 6.06. The van der Waals surface area contributed by atoms with Gasteiger partial charge in [-0.2, -0.15) is 0 Å². The van der Waals surface area contributed by atoms with Crippen LogP contribution >= 0.6 is 0 Å². The third-order valence-corrected chi connectivity index (χ3v) is 3.26. The van der Waals surface area contributed by atoms with Crippen LogP contribution in [0.25, 0.3) is 11.0 Å². The maximum atomic E-state index is 12.4. The van der Waals surface area contributed by atoms with Crippen LogP contribution in [0.3, 0.4) is 0 Å². The van der Waals surface area contributed by atoms with E-state index in [2.05, 4.69) is 5.32 Å². The molecule has 120 valence electrons. The number of fused-ring (bicyclic) bond motifs is 1. The quantitative estimate of drug-likeness (QED) is 0.591. The predicted molar refractivity (Wildman–Crippen MR) is 88.2 cm³/mol. The van der Waals surface area contributed by atoms with Gasteiger partial charge in [-0.1, -0.05) is 24.3 Å². The van der Waals surface area contributed by atoms with Gasteiger partial charge in [0, 0.05) is 13.0 Å². The lowest BCUT2D eigenvalue weighted by atomic mass is 10.2. The van der Waals surface area contributed by atoms with E-state index in [1.807, 2.05) is 0 Å². The molecule has 0 aliphatic heterocycles. The van der Waals surface area contributed by atoms with Gasteiger partial charge < -0.3 is 9.15 Å². The van der Waals surface area contributed by atoms with E-state index in [-0.39, 0.29) is 22.6 Å². The Labute approximate surface area is 136 Å². The number of anilines is 1. The van der Waals surface area contributed by atoms with Crippen molar-refractivity contribution in [2.24, 2.45) is 0 Å². The number of hydrogen-bond donors (Lipinski definition) is 1. The van der Waals surface area contributed by atoms with Crippen LogP contribution in [0.15, 0.2) is 63.8 Å². The Hall–Kier alpha value is -3.41. The van der Waals surface area contributed by atoms with Crippen molar-refractivity contribution in [3.05, 3.63) is 70.4 Å². The number of esters is 1. The van der Waals surface area contributed by atoms with Gasteiger partial charge in [0.15, 0.2) is 5.43 Å². The summed E-state index contributed by atoms with van der Waals surface area (Å²) in [6, 6.07) is 14.2. The minimum Gasteiger partial charge on any atom is -0.440 e. The number of benzene rings is 2. The maximum absolute atomic E-state index is 12.4. The summed E-state index contributed by atoms with van der Waals surface area (Å²) < 4.78 is 10.5. The van der Waals surface area contributed by atoms with Gasteiger partial charge in [0.05, 0.1) is 10.9 Å². The lowest BCUT2D eigenvalue weighted by Crippen LogP contribution is -2.16. The van der Waals surface area contributed by atoms with Crippen molar-refractivity contribution in [1.29, 1.82) is 0 Å². The fourth-order valence-corrected chi connectivity index (χ4v) is 2.24. The van der Waals surface area contributed by atoms with Gasteiger partial charge >= 0.3 is 5.97 Å². The molecule has 0 bridgehead atoms.